The molecule has 4 aromatic heterocycles. The van der Waals surface area contributed by atoms with Crippen LogP contribution in [0.5, 0.6) is 0 Å². The van der Waals surface area contributed by atoms with Gasteiger partial charge in [0.1, 0.15) is 5.58 Å². The third-order valence-electron chi connectivity index (χ3n) is 9.73. The summed E-state index contributed by atoms with van der Waals surface area (Å²) in [5.41, 5.74) is 6.35. The zero-order chi connectivity index (χ0) is 50.6. The summed E-state index contributed by atoms with van der Waals surface area (Å²) in [7, 11) is 0. The van der Waals surface area contributed by atoms with E-state index in [2.05, 4.69) is 33.2 Å². The summed E-state index contributed by atoms with van der Waals surface area (Å²) in [6.07, 6.45) is 2.78. The van der Waals surface area contributed by atoms with Gasteiger partial charge in [0, 0.05) is 34.9 Å². The summed E-state index contributed by atoms with van der Waals surface area (Å²) >= 11 is 0. The van der Waals surface area contributed by atoms with Crippen LogP contribution in [0.15, 0.2) is 193 Å². The van der Waals surface area contributed by atoms with Crippen LogP contribution in [0.2, 0.25) is 0 Å². The normalized spacial score (nSPS) is 13.6. The first kappa shape index (κ1) is 33.8. The van der Waals surface area contributed by atoms with E-state index in [0.717, 1.165) is 44.4 Å². The van der Waals surface area contributed by atoms with Crippen molar-refractivity contribution in [2.45, 2.75) is 40.8 Å². The Hall–Kier alpha value is -6.78. The molecule has 63 heavy (non-hydrogen) atoms. The Labute approximate surface area is 397 Å². The van der Waals surface area contributed by atoms with Gasteiger partial charge in [0.05, 0.1) is 6.95 Å². The molecule has 6 aromatic carbocycles. The van der Waals surface area contributed by atoms with Crippen LogP contribution in [-0.2, 0) is 26.5 Å². The first-order chi connectivity index (χ1) is 33.8. The average molecular weight is 1000 g/mol. The van der Waals surface area contributed by atoms with Crippen molar-refractivity contribution in [2.24, 2.45) is 5.41 Å². The van der Waals surface area contributed by atoms with E-state index in [9.17, 15) is 0 Å². The molecule has 5 heteroatoms. The average Bonchev–Trinajstić information content (AvgIpc) is 3.75. The molecule has 4 nitrogen and oxygen atoms in total. The number of aromatic nitrogens is 3. The largest absolute Gasteiger partial charge is 3.00 e. The van der Waals surface area contributed by atoms with Crippen molar-refractivity contribution in [1.82, 2.24) is 15.0 Å². The van der Waals surface area contributed by atoms with E-state index in [1.807, 2.05) is 140 Å². The van der Waals surface area contributed by atoms with Crippen molar-refractivity contribution in [2.75, 3.05) is 0 Å². The Balaban J connectivity index is 0.000000245. The van der Waals surface area contributed by atoms with Crippen molar-refractivity contribution in [1.29, 1.82) is 0 Å². The summed E-state index contributed by atoms with van der Waals surface area (Å²) in [4.78, 5) is 12.9. The third-order valence-corrected chi connectivity index (χ3v) is 9.73. The zero-order valence-corrected chi connectivity index (χ0v) is 37.3. The van der Waals surface area contributed by atoms with Crippen LogP contribution in [0.25, 0.3) is 78.0 Å². The fraction of sp³-hybridized carbons (Fsp3) is 0.121. The van der Waals surface area contributed by atoms with E-state index >= 15 is 0 Å². The van der Waals surface area contributed by atoms with Crippen LogP contribution >= 0.6 is 0 Å². The van der Waals surface area contributed by atoms with Gasteiger partial charge in [-0.2, -0.15) is 0 Å². The van der Waals surface area contributed by atoms with Crippen LogP contribution < -0.4 is 0 Å². The molecule has 0 unspecified atom stereocenters. The maximum absolute atomic E-state index is 8.98. The maximum Gasteiger partial charge on any atom is 3.00 e. The predicted molar refractivity (Wildman–Crippen MR) is 256 cm³/mol. The molecule has 0 saturated carbocycles. The molecule has 0 N–H and O–H groups in total. The third kappa shape index (κ3) is 11.0. The second-order valence-corrected chi connectivity index (χ2v) is 15.4. The van der Waals surface area contributed by atoms with Gasteiger partial charge in [0.2, 0.25) is 0 Å². The van der Waals surface area contributed by atoms with Gasteiger partial charge in [-0.15, -0.1) is 90.0 Å². The molecule has 0 radical (unpaired) electrons. The zero-order valence-electron chi connectivity index (χ0n) is 43.9. The number of furan rings is 1. The van der Waals surface area contributed by atoms with Gasteiger partial charge in [-0.3, -0.25) is 0 Å². The summed E-state index contributed by atoms with van der Waals surface area (Å²) in [6.45, 7) is -0.399. The number of benzene rings is 6. The van der Waals surface area contributed by atoms with Crippen LogP contribution in [0.3, 0.4) is 0 Å². The second kappa shape index (κ2) is 20.4. The number of pyridine rings is 3. The SMILES string of the molecule is [2H]c1cc(C([2H])([2H])C(C)(C)C)cc(C([2H])([2H])[2H])c1-c1cc(-c2[c-]ccc3c2oc2cc(-c4ccccc4)ccc23)ncc1C([2H])([2H])[2H].[Ir+3].[c-]1ccccc1-c1ccccn1.[c-]1ccccc1-c1ccccn1. The van der Waals surface area contributed by atoms with Crippen molar-refractivity contribution in [3.63, 3.8) is 0 Å². The number of aryl methyl sites for hydroxylation is 2. The quantitative estimate of drug-likeness (QED) is 0.156. The molecule has 0 aliphatic carbocycles. The van der Waals surface area contributed by atoms with Crippen molar-refractivity contribution >= 4 is 21.9 Å². The Bertz CT molecular complexity index is 3250. The van der Waals surface area contributed by atoms with Gasteiger partial charge < -0.3 is 19.4 Å². The fourth-order valence-electron chi connectivity index (χ4n) is 6.92. The minimum Gasteiger partial charge on any atom is -0.501 e. The number of hydrogen-bond acceptors (Lipinski definition) is 4. The molecular weight excluding hydrogens is 947 g/mol. The minimum absolute atomic E-state index is 0. The van der Waals surface area contributed by atoms with Crippen LogP contribution in [0.1, 0.15) is 49.8 Å². The van der Waals surface area contributed by atoms with E-state index in [1.54, 1.807) is 39.2 Å². The van der Waals surface area contributed by atoms with E-state index < -0.39 is 25.5 Å². The van der Waals surface area contributed by atoms with E-state index in [1.165, 1.54) is 24.4 Å². The molecule has 0 spiro atoms. The number of nitrogens with zero attached hydrogens (tertiary/aromatic N) is 3. The van der Waals surface area contributed by atoms with Crippen molar-refractivity contribution < 1.29 is 36.9 Å². The standard InChI is InChI=1S/C36H32NO.2C11H8N.Ir/c1-23-18-25(21-36(3,4)5)14-16-28(23)32-20-33(37-22-24(32)2)31-13-9-12-30-29-17-15-27(19-34(29)38-35(30)31)26-10-7-6-8-11-26;2*1-2-6-10(7-3-1)11-8-4-5-9-12-11;/h6-12,14-20,22H,21H2,1-5H3;2*1-6,8-9H;/q3*-1;+3/i1D3,2D3,16D,21D2;;;. The first-order valence-corrected chi connectivity index (χ1v) is 20.2. The molecule has 310 valence electrons. The van der Waals surface area contributed by atoms with Gasteiger partial charge in [-0.25, -0.2) is 0 Å². The topological polar surface area (TPSA) is 51.8 Å². The Morgan fingerprint density at radius 3 is 1.86 bits per heavy atom. The molecule has 0 amide bonds. The molecule has 10 aromatic rings. The molecule has 0 bridgehead atoms. The van der Waals surface area contributed by atoms with E-state index in [4.69, 9.17) is 16.8 Å². The fourth-order valence-corrected chi connectivity index (χ4v) is 6.92. The minimum atomic E-state index is -2.79. The van der Waals surface area contributed by atoms with E-state index in [-0.39, 0.29) is 59.7 Å². The smallest absolute Gasteiger partial charge is 0.501 e. The Morgan fingerprint density at radius 1 is 0.587 bits per heavy atom. The second-order valence-electron chi connectivity index (χ2n) is 15.4. The maximum atomic E-state index is 8.98. The Kier molecular flexibility index (Phi) is 10.9. The molecule has 0 saturated heterocycles. The molecule has 0 aliphatic heterocycles. The summed E-state index contributed by atoms with van der Waals surface area (Å²) in [5, 5.41) is 1.67. The van der Waals surface area contributed by atoms with Crippen LogP contribution in [-0.4, -0.2) is 15.0 Å². The molecular formula is C58H48IrN3O. The number of rotatable bonds is 6. The predicted octanol–water partition coefficient (Wildman–Crippen LogP) is 15.1. The van der Waals surface area contributed by atoms with Gasteiger partial charge in [0.25, 0.3) is 0 Å². The van der Waals surface area contributed by atoms with Gasteiger partial charge in [-0.1, -0.05) is 123 Å². The molecule has 0 atom stereocenters. The van der Waals surface area contributed by atoms with Crippen LogP contribution in [0.4, 0.5) is 0 Å². The monoisotopic (exact) mass is 1000 g/mol. The molecule has 0 fully saturated rings. The summed E-state index contributed by atoms with van der Waals surface area (Å²) < 4.78 is 82.7. The Morgan fingerprint density at radius 2 is 1.25 bits per heavy atom. The first-order valence-electron chi connectivity index (χ1n) is 24.7. The van der Waals surface area contributed by atoms with Crippen molar-refractivity contribution in [3.05, 3.63) is 223 Å². The molecule has 10 rings (SSSR count). The summed E-state index contributed by atoms with van der Waals surface area (Å²) in [5.74, 6) is 0. The molecule has 0 aliphatic rings. The van der Waals surface area contributed by atoms with Gasteiger partial charge in [-0.05, 0) is 99.7 Å². The van der Waals surface area contributed by atoms with E-state index in [0.29, 0.717) is 16.7 Å². The number of hydrogen-bond donors (Lipinski definition) is 0. The molecule has 4 heterocycles. The number of fused-ring (bicyclic) bond motifs is 3. The van der Waals surface area contributed by atoms with Gasteiger partial charge >= 0.3 is 20.1 Å². The summed E-state index contributed by atoms with van der Waals surface area (Å²) in [6, 6.07) is 60.0. The van der Waals surface area contributed by atoms with Crippen LogP contribution in [0, 0.1) is 37.3 Å². The van der Waals surface area contributed by atoms with Crippen molar-refractivity contribution in [3.8, 4) is 56.0 Å². The van der Waals surface area contributed by atoms with Gasteiger partial charge in [0.15, 0.2) is 0 Å².